The highest BCUT2D eigenvalue weighted by atomic mass is 35.5. The van der Waals surface area contributed by atoms with Crippen LogP contribution in [-0.4, -0.2) is 29.8 Å². The monoisotopic (exact) mass is 310 g/mol. The van der Waals surface area contributed by atoms with Crippen LogP contribution in [0.15, 0.2) is 24.3 Å². The second-order valence-corrected chi connectivity index (χ2v) is 5.95. The molecule has 1 aromatic carbocycles. The van der Waals surface area contributed by atoms with E-state index in [4.69, 9.17) is 11.6 Å². The average Bonchev–Trinajstić information content (AvgIpc) is 2.42. The molecule has 0 saturated heterocycles. The largest absolute Gasteiger partial charge is 0.352 e. The Morgan fingerprint density at radius 2 is 1.86 bits per heavy atom. The minimum absolute atomic E-state index is 0.00852. The van der Waals surface area contributed by atoms with E-state index in [0.717, 1.165) is 5.56 Å². The minimum Gasteiger partial charge on any atom is -0.352 e. The van der Waals surface area contributed by atoms with E-state index in [0.29, 0.717) is 37.0 Å². The molecule has 1 rings (SSSR count). The number of rotatable bonds is 7. The van der Waals surface area contributed by atoms with E-state index in [9.17, 15) is 9.59 Å². The molecule has 0 bridgehead atoms. The number of benzene rings is 1. The standard InChI is InChI=1S/C16H23ClN2O2/c1-12(2)11-19(13(3)20)9-8-16(21)18-10-14-4-6-15(17)7-5-14/h4-7,12H,8-11H2,1-3H3,(H,18,21). The predicted molar refractivity (Wildman–Crippen MR) is 85.0 cm³/mol. The Labute approximate surface area is 131 Å². The molecule has 0 fully saturated rings. The normalized spacial score (nSPS) is 10.5. The van der Waals surface area contributed by atoms with Crippen LogP contribution >= 0.6 is 11.6 Å². The quantitative estimate of drug-likeness (QED) is 0.842. The molecule has 0 radical (unpaired) electrons. The van der Waals surface area contributed by atoms with Gasteiger partial charge in [-0.15, -0.1) is 0 Å². The summed E-state index contributed by atoms with van der Waals surface area (Å²) in [6.07, 6.45) is 0.319. The minimum atomic E-state index is -0.0556. The molecule has 0 atom stereocenters. The molecule has 4 nitrogen and oxygen atoms in total. The lowest BCUT2D eigenvalue weighted by Gasteiger charge is -2.22. The number of hydrogen-bond acceptors (Lipinski definition) is 2. The second kappa shape index (κ2) is 8.67. The van der Waals surface area contributed by atoms with Gasteiger partial charge in [-0.25, -0.2) is 0 Å². The van der Waals surface area contributed by atoms with Gasteiger partial charge in [0.05, 0.1) is 0 Å². The molecule has 0 aliphatic rings. The maximum atomic E-state index is 11.8. The molecule has 21 heavy (non-hydrogen) atoms. The van der Waals surface area contributed by atoms with Gasteiger partial charge in [-0.05, 0) is 23.6 Å². The Morgan fingerprint density at radius 3 is 2.38 bits per heavy atom. The summed E-state index contributed by atoms with van der Waals surface area (Å²) in [5, 5.41) is 3.52. The van der Waals surface area contributed by atoms with Crippen LogP contribution in [-0.2, 0) is 16.1 Å². The molecule has 5 heteroatoms. The van der Waals surface area contributed by atoms with E-state index < -0.39 is 0 Å². The molecule has 2 amide bonds. The Kier molecular flexibility index (Phi) is 7.23. The first kappa shape index (κ1) is 17.5. The van der Waals surface area contributed by atoms with Crippen molar-refractivity contribution in [1.29, 1.82) is 0 Å². The summed E-state index contributed by atoms with van der Waals surface area (Å²) >= 11 is 5.81. The van der Waals surface area contributed by atoms with Gasteiger partial charge in [0.2, 0.25) is 11.8 Å². The zero-order valence-electron chi connectivity index (χ0n) is 12.9. The first-order valence-electron chi connectivity index (χ1n) is 7.15. The van der Waals surface area contributed by atoms with Gasteiger partial charge in [0.25, 0.3) is 0 Å². The maximum Gasteiger partial charge on any atom is 0.222 e. The van der Waals surface area contributed by atoms with Gasteiger partial charge in [0.15, 0.2) is 0 Å². The van der Waals surface area contributed by atoms with E-state index in [1.54, 1.807) is 17.0 Å². The van der Waals surface area contributed by atoms with Crippen LogP contribution in [0.5, 0.6) is 0 Å². The summed E-state index contributed by atoms with van der Waals surface area (Å²) in [7, 11) is 0. The van der Waals surface area contributed by atoms with Crippen LogP contribution in [0.4, 0.5) is 0 Å². The number of nitrogens with zero attached hydrogens (tertiary/aromatic N) is 1. The lowest BCUT2D eigenvalue weighted by atomic mass is 10.2. The van der Waals surface area contributed by atoms with Gasteiger partial charge in [-0.2, -0.15) is 0 Å². The van der Waals surface area contributed by atoms with E-state index in [-0.39, 0.29) is 11.8 Å². The molecule has 116 valence electrons. The van der Waals surface area contributed by atoms with Gasteiger partial charge in [-0.3, -0.25) is 9.59 Å². The number of hydrogen-bond donors (Lipinski definition) is 1. The van der Waals surface area contributed by atoms with Crippen molar-refractivity contribution in [2.24, 2.45) is 5.92 Å². The summed E-state index contributed by atoms with van der Waals surface area (Å²) in [5.74, 6) is 0.347. The molecule has 0 unspecified atom stereocenters. The van der Waals surface area contributed by atoms with Crippen LogP contribution in [0.2, 0.25) is 5.02 Å². The molecule has 0 aromatic heterocycles. The van der Waals surface area contributed by atoms with Gasteiger partial charge in [0.1, 0.15) is 0 Å². The number of amides is 2. The van der Waals surface area contributed by atoms with Crippen LogP contribution in [0.25, 0.3) is 0 Å². The molecular weight excluding hydrogens is 288 g/mol. The summed E-state index contributed by atoms with van der Waals surface area (Å²) in [6, 6.07) is 7.35. The van der Waals surface area contributed by atoms with Crippen molar-refractivity contribution < 1.29 is 9.59 Å². The summed E-state index contributed by atoms with van der Waals surface area (Å²) in [6.45, 7) is 7.25. The highest BCUT2D eigenvalue weighted by molar-refractivity contribution is 6.30. The van der Waals surface area contributed by atoms with Crippen LogP contribution in [0.1, 0.15) is 32.8 Å². The third kappa shape index (κ3) is 7.14. The molecule has 0 heterocycles. The fraction of sp³-hybridized carbons (Fsp3) is 0.500. The van der Waals surface area contributed by atoms with Crippen molar-refractivity contribution in [3.63, 3.8) is 0 Å². The Bertz CT molecular complexity index is 472. The van der Waals surface area contributed by atoms with E-state index in [2.05, 4.69) is 19.2 Å². The number of carbonyl (C=O) groups excluding carboxylic acids is 2. The highest BCUT2D eigenvalue weighted by Gasteiger charge is 2.12. The SMILES string of the molecule is CC(=O)N(CCC(=O)NCc1ccc(Cl)cc1)CC(C)C. The summed E-state index contributed by atoms with van der Waals surface area (Å²) in [4.78, 5) is 25.0. The van der Waals surface area contributed by atoms with Crippen LogP contribution < -0.4 is 5.32 Å². The molecule has 0 saturated carbocycles. The molecule has 1 N–H and O–H groups in total. The first-order valence-corrected chi connectivity index (χ1v) is 7.53. The second-order valence-electron chi connectivity index (χ2n) is 5.51. The van der Waals surface area contributed by atoms with Gasteiger partial charge >= 0.3 is 0 Å². The Balaban J connectivity index is 2.35. The van der Waals surface area contributed by atoms with E-state index >= 15 is 0 Å². The zero-order valence-corrected chi connectivity index (χ0v) is 13.6. The lowest BCUT2D eigenvalue weighted by Crippen LogP contribution is -2.36. The van der Waals surface area contributed by atoms with E-state index in [1.165, 1.54) is 6.92 Å². The molecule has 0 aliphatic heterocycles. The van der Waals surface area contributed by atoms with Gasteiger partial charge < -0.3 is 10.2 Å². The Hall–Kier alpha value is -1.55. The highest BCUT2D eigenvalue weighted by Crippen LogP contribution is 2.09. The smallest absolute Gasteiger partial charge is 0.222 e. The maximum absolute atomic E-state index is 11.8. The van der Waals surface area contributed by atoms with Crippen molar-refractivity contribution in [3.05, 3.63) is 34.9 Å². The topological polar surface area (TPSA) is 49.4 Å². The first-order chi connectivity index (χ1) is 9.88. The van der Waals surface area contributed by atoms with Crippen molar-refractivity contribution in [2.45, 2.75) is 33.7 Å². The average molecular weight is 311 g/mol. The Morgan fingerprint density at radius 1 is 1.24 bits per heavy atom. The van der Waals surface area contributed by atoms with Gasteiger partial charge in [0, 0.05) is 38.0 Å². The van der Waals surface area contributed by atoms with Crippen molar-refractivity contribution in [2.75, 3.05) is 13.1 Å². The zero-order chi connectivity index (χ0) is 15.8. The van der Waals surface area contributed by atoms with Gasteiger partial charge in [-0.1, -0.05) is 37.6 Å². The van der Waals surface area contributed by atoms with Crippen molar-refractivity contribution >= 4 is 23.4 Å². The third-order valence-corrected chi connectivity index (χ3v) is 3.29. The van der Waals surface area contributed by atoms with Crippen LogP contribution in [0, 0.1) is 5.92 Å². The lowest BCUT2D eigenvalue weighted by molar-refractivity contribution is -0.130. The number of nitrogens with one attached hydrogen (secondary N) is 1. The molecule has 0 spiro atoms. The summed E-state index contributed by atoms with van der Waals surface area (Å²) < 4.78 is 0. The molecule has 0 aliphatic carbocycles. The number of halogens is 1. The van der Waals surface area contributed by atoms with E-state index in [1.807, 2.05) is 12.1 Å². The molecule has 1 aromatic rings. The predicted octanol–water partition coefficient (Wildman–Crippen LogP) is 2.85. The number of carbonyl (C=O) groups is 2. The fourth-order valence-electron chi connectivity index (χ4n) is 1.95. The fourth-order valence-corrected chi connectivity index (χ4v) is 2.07. The summed E-state index contributed by atoms with van der Waals surface area (Å²) in [5.41, 5.74) is 0.998. The van der Waals surface area contributed by atoms with Crippen molar-refractivity contribution in [1.82, 2.24) is 10.2 Å². The van der Waals surface area contributed by atoms with Crippen LogP contribution in [0.3, 0.4) is 0 Å². The third-order valence-electron chi connectivity index (χ3n) is 3.04. The molecular formula is C16H23ClN2O2. The van der Waals surface area contributed by atoms with Crippen molar-refractivity contribution in [3.8, 4) is 0 Å².